The third-order valence-corrected chi connectivity index (χ3v) is 4.33. The van der Waals surface area contributed by atoms with Crippen LogP contribution in [0.2, 0.25) is 0 Å². The van der Waals surface area contributed by atoms with Gasteiger partial charge in [-0.25, -0.2) is 9.78 Å². The van der Waals surface area contributed by atoms with Gasteiger partial charge in [0.15, 0.2) is 0 Å². The van der Waals surface area contributed by atoms with Gasteiger partial charge >= 0.3 is 5.97 Å². The summed E-state index contributed by atoms with van der Waals surface area (Å²) < 4.78 is 1.35. The molecule has 0 saturated carbocycles. The third kappa shape index (κ3) is 13.4. The molecule has 0 aliphatic carbocycles. The number of unbranched alkanes of at least 4 members (excludes halogenated alkanes) is 11. The van der Waals surface area contributed by atoms with Gasteiger partial charge in [0.05, 0.1) is 6.20 Å². The summed E-state index contributed by atoms with van der Waals surface area (Å²) in [5, 5.41) is 0. The monoisotopic (exact) mass is 348 g/mol. The van der Waals surface area contributed by atoms with E-state index in [0.717, 1.165) is 12.8 Å². The number of nitrogens with zero attached hydrogens (tertiary/aromatic N) is 2. The van der Waals surface area contributed by atoms with Crippen molar-refractivity contribution in [2.24, 2.45) is 0 Å². The van der Waals surface area contributed by atoms with Crippen molar-refractivity contribution in [1.82, 2.24) is 9.71 Å². The molecule has 0 amide bonds. The van der Waals surface area contributed by atoms with Crippen LogP contribution >= 0.6 is 0 Å². The van der Waals surface area contributed by atoms with Crippen LogP contribution in [0.5, 0.6) is 0 Å². The van der Waals surface area contributed by atoms with E-state index in [1.807, 2.05) is 0 Å². The molecule has 4 nitrogen and oxygen atoms in total. The number of hydrogen-bond donors (Lipinski definition) is 0. The highest BCUT2D eigenvalue weighted by atomic mass is 16.7. The van der Waals surface area contributed by atoms with E-state index < -0.39 is 0 Å². The molecule has 1 aromatic rings. The average molecular weight is 349 g/mol. The van der Waals surface area contributed by atoms with E-state index in [4.69, 9.17) is 4.84 Å². The van der Waals surface area contributed by atoms with Crippen molar-refractivity contribution in [2.75, 3.05) is 0 Å². The molecular formula is C21H36N2O2. The number of hydrogen-bond acceptors (Lipinski definition) is 3. The maximum Gasteiger partial charge on any atom is 0.332 e. The zero-order chi connectivity index (χ0) is 18.0. The highest BCUT2D eigenvalue weighted by molar-refractivity contribution is 5.69. The fraction of sp³-hybridized carbons (Fsp3) is 0.714. The number of allylic oxidation sites excluding steroid dienone is 2. The Bertz CT molecular complexity index is 441. The fourth-order valence-corrected chi connectivity index (χ4v) is 2.80. The van der Waals surface area contributed by atoms with Crippen molar-refractivity contribution < 1.29 is 9.63 Å². The van der Waals surface area contributed by atoms with E-state index in [0.29, 0.717) is 6.42 Å². The summed E-state index contributed by atoms with van der Waals surface area (Å²) in [6, 6.07) is 0. The Balaban J connectivity index is 1.79. The number of rotatable bonds is 16. The van der Waals surface area contributed by atoms with Gasteiger partial charge in [-0.15, -0.1) is 0 Å². The zero-order valence-electron chi connectivity index (χ0n) is 16.0. The molecule has 0 fully saturated rings. The van der Waals surface area contributed by atoms with Crippen molar-refractivity contribution in [3.8, 4) is 0 Å². The minimum absolute atomic E-state index is 0.185. The number of carbonyl (C=O) groups excluding carboxylic acids is 1. The molecule has 0 spiro atoms. The van der Waals surface area contributed by atoms with E-state index in [1.54, 1.807) is 12.4 Å². The van der Waals surface area contributed by atoms with Crippen LogP contribution in [0.1, 0.15) is 96.8 Å². The Morgan fingerprint density at radius 2 is 1.52 bits per heavy atom. The van der Waals surface area contributed by atoms with E-state index in [-0.39, 0.29) is 5.97 Å². The molecule has 0 N–H and O–H groups in total. The van der Waals surface area contributed by atoms with Crippen LogP contribution in [0, 0.1) is 0 Å². The van der Waals surface area contributed by atoms with Gasteiger partial charge in [-0.3, -0.25) is 0 Å². The van der Waals surface area contributed by atoms with Gasteiger partial charge in [-0.2, -0.15) is 4.73 Å². The predicted molar refractivity (Wildman–Crippen MR) is 103 cm³/mol. The summed E-state index contributed by atoms with van der Waals surface area (Å²) in [7, 11) is 0. The number of aromatic nitrogens is 2. The van der Waals surface area contributed by atoms with Gasteiger partial charge in [-0.1, -0.05) is 70.4 Å². The van der Waals surface area contributed by atoms with E-state index in [1.165, 1.54) is 81.7 Å². The van der Waals surface area contributed by atoms with Crippen LogP contribution in [0.3, 0.4) is 0 Å². The lowest BCUT2D eigenvalue weighted by molar-refractivity contribution is -0.144. The molecule has 1 rings (SSSR count). The summed E-state index contributed by atoms with van der Waals surface area (Å²) >= 11 is 0. The standard InChI is InChI=1S/C21H36N2O2/c1-2-3-4-5-6-7-8-9-10-11-12-13-14-15-16-17-21(24)25-23-19-18-22-20-23/h9-10,18-20H,2-8,11-17H2,1H3/b10-9-. The molecule has 0 saturated heterocycles. The molecule has 0 unspecified atom stereocenters. The van der Waals surface area contributed by atoms with Crippen LogP contribution in [-0.2, 0) is 4.79 Å². The molecule has 0 radical (unpaired) electrons. The maximum absolute atomic E-state index is 11.6. The maximum atomic E-state index is 11.6. The molecule has 25 heavy (non-hydrogen) atoms. The predicted octanol–water partition coefficient (Wildman–Crippen LogP) is 5.88. The van der Waals surface area contributed by atoms with Crippen molar-refractivity contribution in [3.05, 3.63) is 30.9 Å². The molecule has 142 valence electrons. The van der Waals surface area contributed by atoms with Crippen LogP contribution in [-0.4, -0.2) is 15.7 Å². The normalized spacial score (nSPS) is 11.2. The van der Waals surface area contributed by atoms with Gasteiger partial charge in [0, 0.05) is 12.6 Å². The first kappa shape index (κ1) is 21.5. The lowest BCUT2D eigenvalue weighted by Crippen LogP contribution is -2.17. The molecule has 1 aromatic heterocycles. The molecule has 0 atom stereocenters. The van der Waals surface area contributed by atoms with Crippen molar-refractivity contribution in [1.29, 1.82) is 0 Å². The second kappa shape index (κ2) is 15.9. The van der Waals surface area contributed by atoms with Crippen molar-refractivity contribution >= 4 is 5.97 Å². The lowest BCUT2D eigenvalue weighted by atomic mass is 10.1. The van der Waals surface area contributed by atoms with E-state index in [2.05, 4.69) is 24.1 Å². The largest absolute Gasteiger partial charge is 0.336 e. The van der Waals surface area contributed by atoms with Gasteiger partial charge < -0.3 is 4.84 Å². The summed E-state index contributed by atoms with van der Waals surface area (Å²) in [6.45, 7) is 2.26. The molecule has 4 heteroatoms. The first-order valence-electron chi connectivity index (χ1n) is 10.2. The minimum atomic E-state index is -0.185. The highest BCUT2D eigenvalue weighted by Gasteiger charge is 2.03. The van der Waals surface area contributed by atoms with Crippen LogP contribution in [0.15, 0.2) is 30.9 Å². The Labute approximate surface area is 153 Å². The lowest BCUT2D eigenvalue weighted by Gasteiger charge is -2.03. The zero-order valence-corrected chi connectivity index (χ0v) is 16.0. The topological polar surface area (TPSA) is 44.1 Å². The van der Waals surface area contributed by atoms with Crippen molar-refractivity contribution in [3.63, 3.8) is 0 Å². The smallest absolute Gasteiger partial charge is 0.332 e. The summed E-state index contributed by atoms with van der Waals surface area (Å²) in [4.78, 5) is 20.5. The second-order valence-corrected chi connectivity index (χ2v) is 6.72. The highest BCUT2D eigenvalue weighted by Crippen LogP contribution is 2.10. The SMILES string of the molecule is CCCCCCCC/C=C\CCCCCCCC(=O)On1ccnc1. The van der Waals surface area contributed by atoms with Crippen LogP contribution in [0.25, 0.3) is 0 Å². The van der Waals surface area contributed by atoms with Gasteiger partial charge in [0.1, 0.15) is 6.33 Å². The Morgan fingerprint density at radius 3 is 2.12 bits per heavy atom. The Hall–Kier alpha value is -1.58. The number of imidazole rings is 1. The molecule has 0 aliphatic heterocycles. The fourth-order valence-electron chi connectivity index (χ4n) is 2.80. The molecule has 1 heterocycles. The Kier molecular flexibility index (Phi) is 13.7. The van der Waals surface area contributed by atoms with Crippen LogP contribution in [0.4, 0.5) is 0 Å². The van der Waals surface area contributed by atoms with E-state index >= 15 is 0 Å². The summed E-state index contributed by atoms with van der Waals surface area (Å²) in [5.41, 5.74) is 0. The molecule has 0 aromatic carbocycles. The van der Waals surface area contributed by atoms with Gasteiger partial charge in [-0.05, 0) is 32.1 Å². The minimum Gasteiger partial charge on any atom is -0.336 e. The second-order valence-electron chi connectivity index (χ2n) is 6.72. The third-order valence-electron chi connectivity index (χ3n) is 4.33. The number of carbonyl (C=O) groups is 1. The van der Waals surface area contributed by atoms with E-state index in [9.17, 15) is 4.79 Å². The van der Waals surface area contributed by atoms with Gasteiger partial charge in [0.2, 0.25) is 0 Å². The average Bonchev–Trinajstić information content (AvgIpc) is 3.11. The molecular weight excluding hydrogens is 312 g/mol. The molecule has 0 aliphatic rings. The molecule has 0 bridgehead atoms. The van der Waals surface area contributed by atoms with Gasteiger partial charge in [0.25, 0.3) is 0 Å². The van der Waals surface area contributed by atoms with Crippen LogP contribution < -0.4 is 4.84 Å². The first-order valence-corrected chi connectivity index (χ1v) is 10.2. The van der Waals surface area contributed by atoms with Crippen molar-refractivity contribution in [2.45, 2.75) is 96.8 Å². The Morgan fingerprint density at radius 1 is 0.920 bits per heavy atom. The first-order chi connectivity index (χ1) is 12.3. The summed E-state index contributed by atoms with van der Waals surface area (Å²) in [6.07, 6.45) is 26.3. The quantitative estimate of drug-likeness (QED) is 0.277. The summed E-state index contributed by atoms with van der Waals surface area (Å²) in [5.74, 6) is -0.185.